The lowest BCUT2D eigenvalue weighted by Gasteiger charge is -2.07. The van der Waals surface area contributed by atoms with Crippen LogP contribution >= 0.6 is 11.6 Å². The molecule has 1 amide bonds. The number of benzene rings is 2. The number of hydrogen-bond donors (Lipinski definition) is 1. The molecule has 2 aromatic rings. The van der Waals surface area contributed by atoms with Crippen molar-refractivity contribution in [2.75, 3.05) is 11.9 Å². The van der Waals surface area contributed by atoms with Gasteiger partial charge in [0.1, 0.15) is 16.7 Å². The SMILES string of the molecule is O=C(COC(=O)c1ccc(F)cc1F)Nc1ccc(Cl)c([N+](=O)[O-])c1. The second-order valence-corrected chi connectivity index (χ2v) is 5.08. The van der Waals surface area contributed by atoms with E-state index in [2.05, 4.69) is 10.1 Å². The summed E-state index contributed by atoms with van der Waals surface area (Å²) >= 11 is 5.64. The van der Waals surface area contributed by atoms with E-state index < -0.39 is 46.3 Å². The number of nitrogens with zero attached hydrogens (tertiary/aromatic N) is 1. The van der Waals surface area contributed by atoms with Gasteiger partial charge in [-0.3, -0.25) is 14.9 Å². The first-order chi connectivity index (χ1) is 11.8. The van der Waals surface area contributed by atoms with Crippen LogP contribution in [0, 0.1) is 21.7 Å². The number of nitro benzene ring substituents is 1. The molecule has 7 nitrogen and oxygen atoms in total. The number of hydrogen-bond acceptors (Lipinski definition) is 5. The van der Waals surface area contributed by atoms with E-state index >= 15 is 0 Å². The Morgan fingerprint density at radius 1 is 1.20 bits per heavy atom. The number of esters is 1. The number of ether oxygens (including phenoxy) is 1. The summed E-state index contributed by atoms with van der Waals surface area (Å²) in [6, 6.07) is 5.81. The van der Waals surface area contributed by atoms with Gasteiger partial charge in [-0.1, -0.05) is 11.6 Å². The number of nitrogens with one attached hydrogen (secondary N) is 1. The molecule has 0 aromatic heterocycles. The lowest BCUT2D eigenvalue weighted by atomic mass is 10.2. The third-order valence-electron chi connectivity index (χ3n) is 2.91. The zero-order valence-corrected chi connectivity index (χ0v) is 13.0. The average molecular weight is 371 g/mol. The van der Waals surface area contributed by atoms with Crippen molar-refractivity contribution < 1.29 is 28.0 Å². The minimum atomic E-state index is -1.16. The zero-order chi connectivity index (χ0) is 18.6. The molecule has 0 saturated carbocycles. The van der Waals surface area contributed by atoms with Crippen LogP contribution in [0.5, 0.6) is 0 Å². The predicted molar refractivity (Wildman–Crippen MR) is 83.4 cm³/mol. The topological polar surface area (TPSA) is 98.5 Å². The highest BCUT2D eigenvalue weighted by Gasteiger charge is 2.17. The zero-order valence-electron chi connectivity index (χ0n) is 12.3. The number of rotatable bonds is 5. The summed E-state index contributed by atoms with van der Waals surface area (Å²) in [6.45, 7) is -0.772. The van der Waals surface area contributed by atoms with E-state index in [0.717, 1.165) is 18.2 Å². The molecule has 130 valence electrons. The summed E-state index contributed by atoms with van der Waals surface area (Å²) < 4.78 is 30.8. The molecule has 0 heterocycles. The molecule has 2 aromatic carbocycles. The Morgan fingerprint density at radius 3 is 2.56 bits per heavy atom. The average Bonchev–Trinajstić information content (AvgIpc) is 2.54. The third-order valence-corrected chi connectivity index (χ3v) is 3.23. The second kappa shape index (κ2) is 7.67. The number of carbonyl (C=O) groups excluding carboxylic acids is 2. The third kappa shape index (κ3) is 4.70. The van der Waals surface area contributed by atoms with Crippen molar-refractivity contribution in [3.8, 4) is 0 Å². The molecule has 0 spiro atoms. The van der Waals surface area contributed by atoms with Gasteiger partial charge in [0, 0.05) is 17.8 Å². The Morgan fingerprint density at radius 2 is 1.92 bits per heavy atom. The van der Waals surface area contributed by atoms with Gasteiger partial charge in [-0.2, -0.15) is 0 Å². The Balaban J connectivity index is 1.98. The van der Waals surface area contributed by atoms with Gasteiger partial charge < -0.3 is 10.1 Å². The highest BCUT2D eigenvalue weighted by molar-refractivity contribution is 6.32. The van der Waals surface area contributed by atoms with Gasteiger partial charge in [-0.25, -0.2) is 13.6 Å². The van der Waals surface area contributed by atoms with Crippen molar-refractivity contribution in [2.24, 2.45) is 0 Å². The number of halogens is 3. The molecule has 0 bridgehead atoms. The molecule has 0 saturated heterocycles. The predicted octanol–water partition coefficient (Wildman–Crippen LogP) is 3.32. The van der Waals surface area contributed by atoms with Gasteiger partial charge in [0.05, 0.1) is 10.5 Å². The van der Waals surface area contributed by atoms with E-state index in [1.807, 2.05) is 0 Å². The number of nitro groups is 1. The lowest BCUT2D eigenvalue weighted by Crippen LogP contribution is -2.21. The Bertz CT molecular complexity index is 860. The fourth-order valence-electron chi connectivity index (χ4n) is 1.79. The number of anilines is 1. The van der Waals surface area contributed by atoms with Crippen molar-refractivity contribution in [1.82, 2.24) is 0 Å². The van der Waals surface area contributed by atoms with E-state index in [0.29, 0.717) is 6.07 Å². The van der Waals surface area contributed by atoms with Crippen molar-refractivity contribution >= 4 is 34.9 Å². The molecule has 1 N–H and O–H groups in total. The lowest BCUT2D eigenvalue weighted by molar-refractivity contribution is -0.384. The molecule has 0 aliphatic carbocycles. The van der Waals surface area contributed by atoms with Gasteiger partial charge in [0.15, 0.2) is 6.61 Å². The van der Waals surface area contributed by atoms with Crippen LogP contribution in [0.2, 0.25) is 5.02 Å². The van der Waals surface area contributed by atoms with Crippen LogP contribution < -0.4 is 5.32 Å². The normalized spacial score (nSPS) is 10.2. The minimum Gasteiger partial charge on any atom is -0.452 e. The van der Waals surface area contributed by atoms with Gasteiger partial charge in [-0.05, 0) is 24.3 Å². The van der Waals surface area contributed by atoms with Crippen molar-refractivity contribution in [3.05, 3.63) is 68.7 Å². The van der Waals surface area contributed by atoms with Crippen molar-refractivity contribution in [2.45, 2.75) is 0 Å². The van der Waals surface area contributed by atoms with E-state index in [9.17, 15) is 28.5 Å². The second-order valence-electron chi connectivity index (χ2n) is 4.67. The largest absolute Gasteiger partial charge is 0.452 e. The molecular formula is C15H9ClF2N2O5. The smallest absolute Gasteiger partial charge is 0.341 e. The molecule has 0 radical (unpaired) electrons. The Hall–Kier alpha value is -3.07. The quantitative estimate of drug-likeness (QED) is 0.494. The van der Waals surface area contributed by atoms with Gasteiger partial charge in [0.25, 0.3) is 11.6 Å². The molecule has 0 atom stereocenters. The Labute approximate surface area is 144 Å². The highest BCUT2D eigenvalue weighted by atomic mass is 35.5. The van der Waals surface area contributed by atoms with E-state index in [1.54, 1.807) is 0 Å². The van der Waals surface area contributed by atoms with Crippen LogP contribution in [0.3, 0.4) is 0 Å². The first-order valence-corrected chi connectivity index (χ1v) is 7.01. The summed E-state index contributed by atoms with van der Waals surface area (Å²) in [5.74, 6) is -3.96. The molecule has 0 aliphatic rings. The number of carbonyl (C=O) groups is 2. The molecule has 10 heteroatoms. The van der Waals surface area contributed by atoms with Gasteiger partial charge in [0.2, 0.25) is 0 Å². The summed E-state index contributed by atoms with van der Waals surface area (Å²) in [5.41, 5.74) is -0.883. The van der Waals surface area contributed by atoms with Crippen LogP contribution in [-0.2, 0) is 9.53 Å². The van der Waals surface area contributed by atoms with Crippen LogP contribution in [0.15, 0.2) is 36.4 Å². The minimum absolute atomic E-state index is 0.0603. The van der Waals surface area contributed by atoms with Crippen LogP contribution in [0.25, 0.3) is 0 Å². The fourth-order valence-corrected chi connectivity index (χ4v) is 1.98. The molecule has 25 heavy (non-hydrogen) atoms. The monoisotopic (exact) mass is 370 g/mol. The summed E-state index contributed by atoms with van der Waals surface area (Å²) in [6.07, 6.45) is 0. The van der Waals surface area contributed by atoms with Crippen molar-refractivity contribution in [1.29, 1.82) is 0 Å². The molecule has 0 fully saturated rings. The van der Waals surface area contributed by atoms with Crippen LogP contribution in [0.4, 0.5) is 20.2 Å². The maximum absolute atomic E-state index is 13.4. The molecular weight excluding hydrogens is 362 g/mol. The summed E-state index contributed by atoms with van der Waals surface area (Å²) in [7, 11) is 0. The fraction of sp³-hybridized carbons (Fsp3) is 0.0667. The van der Waals surface area contributed by atoms with E-state index in [1.165, 1.54) is 12.1 Å². The molecule has 0 unspecified atom stereocenters. The van der Waals surface area contributed by atoms with Crippen LogP contribution in [0.1, 0.15) is 10.4 Å². The maximum Gasteiger partial charge on any atom is 0.341 e. The summed E-state index contributed by atoms with van der Waals surface area (Å²) in [4.78, 5) is 33.4. The van der Waals surface area contributed by atoms with Gasteiger partial charge in [-0.15, -0.1) is 0 Å². The molecule has 2 rings (SSSR count). The summed E-state index contributed by atoms with van der Waals surface area (Å²) in [5, 5.41) is 12.9. The standard InChI is InChI=1S/C15H9ClF2N2O5/c16-11-4-2-9(6-13(11)20(23)24)19-14(21)7-25-15(22)10-3-1-8(17)5-12(10)18/h1-6H,7H2,(H,19,21). The highest BCUT2D eigenvalue weighted by Crippen LogP contribution is 2.27. The Kier molecular flexibility index (Phi) is 5.60. The van der Waals surface area contributed by atoms with Crippen LogP contribution in [-0.4, -0.2) is 23.4 Å². The number of amides is 1. The first kappa shape index (κ1) is 18.3. The maximum atomic E-state index is 13.4. The van der Waals surface area contributed by atoms with E-state index in [-0.39, 0.29) is 10.7 Å². The first-order valence-electron chi connectivity index (χ1n) is 6.64. The van der Waals surface area contributed by atoms with E-state index in [4.69, 9.17) is 11.6 Å². The van der Waals surface area contributed by atoms with Crippen molar-refractivity contribution in [3.63, 3.8) is 0 Å². The van der Waals surface area contributed by atoms with Gasteiger partial charge >= 0.3 is 5.97 Å². The molecule has 0 aliphatic heterocycles.